The van der Waals surface area contributed by atoms with Gasteiger partial charge in [0, 0.05) is 68.9 Å². The number of Topliss-reactive ketones (excluding diaryl/α,β-unsaturated/α-hetero) is 7. The number of esters is 1. The minimum Gasteiger partial charge on any atom is -0.465 e. The number of carbonyl (C=O) groups is 10. The van der Waals surface area contributed by atoms with Crippen molar-refractivity contribution in [2.45, 2.75) is 422 Å². The highest BCUT2D eigenvalue weighted by Crippen LogP contribution is 2.67. The molecule has 0 aromatic carbocycles. The third kappa shape index (κ3) is 26.8. The van der Waals surface area contributed by atoms with Crippen LogP contribution in [0.5, 0.6) is 0 Å². The van der Waals surface area contributed by atoms with Gasteiger partial charge in [0.2, 0.25) is 11.8 Å². The molecule has 1 rings (SSSR count). The van der Waals surface area contributed by atoms with E-state index in [2.05, 4.69) is 62.3 Å². The van der Waals surface area contributed by atoms with Crippen molar-refractivity contribution >= 4 is 58.3 Å². The highest BCUT2D eigenvalue weighted by atomic mass is 16.5. The molecule has 0 aliphatic heterocycles. The van der Waals surface area contributed by atoms with Crippen molar-refractivity contribution in [1.29, 1.82) is 0 Å². The number of allylic oxidation sites excluding steroid dienone is 1. The van der Waals surface area contributed by atoms with E-state index in [0.717, 1.165) is 153 Å². The van der Waals surface area contributed by atoms with Crippen molar-refractivity contribution in [3.05, 3.63) is 11.1 Å². The molecule has 0 fully saturated rings. The SMILES string of the molecule is CCCCCCCC(=O)C1=C(C(=O)CCCCCCC)C(C(=O)CCCCCCC)(C(=O)OCC)C(C(=O)CCCCCCC)(N(C(=O)CCCCCCC)C(=O)CCCCCCC)C(C(=O)CCCCCCC)(C(=O)CCCCCCC)C1C(=O)CCCCCCC. The first-order chi connectivity index (χ1) is 45.1. The van der Waals surface area contributed by atoms with Crippen LogP contribution in [0.25, 0.3) is 0 Å². The summed E-state index contributed by atoms with van der Waals surface area (Å²) in [5.41, 5.74) is -11.4. The van der Waals surface area contributed by atoms with Crippen molar-refractivity contribution < 1.29 is 52.7 Å². The summed E-state index contributed by atoms with van der Waals surface area (Å²) in [7, 11) is 0. The molecule has 0 bridgehead atoms. The summed E-state index contributed by atoms with van der Waals surface area (Å²) in [4.78, 5) is 174. The minimum atomic E-state index is -3.50. The van der Waals surface area contributed by atoms with Gasteiger partial charge in [-0.05, 0) is 64.7 Å². The Morgan fingerprint density at radius 2 is 0.570 bits per heavy atom. The number of carbonyl (C=O) groups excluding carboxylic acids is 10. The Labute approximate surface area is 569 Å². The molecule has 2 amide bonds. The fourth-order valence-electron chi connectivity index (χ4n) is 14.9. The molecular formula is C81H141NO11. The molecule has 0 spiro atoms. The molecule has 12 heteroatoms. The van der Waals surface area contributed by atoms with E-state index >= 15 is 47.9 Å². The number of hydrogen-bond acceptors (Lipinski definition) is 11. The van der Waals surface area contributed by atoms with E-state index in [0.29, 0.717) is 89.9 Å². The lowest BCUT2D eigenvalue weighted by Gasteiger charge is -2.64. The zero-order chi connectivity index (χ0) is 69.2. The molecule has 0 aromatic rings. The van der Waals surface area contributed by atoms with Gasteiger partial charge in [-0.15, -0.1) is 0 Å². The smallest absolute Gasteiger partial charge is 0.327 e. The van der Waals surface area contributed by atoms with Crippen LogP contribution in [0.1, 0.15) is 416 Å². The summed E-state index contributed by atoms with van der Waals surface area (Å²) in [5, 5.41) is 0. The van der Waals surface area contributed by atoms with Gasteiger partial charge in [0.25, 0.3) is 0 Å². The van der Waals surface area contributed by atoms with Gasteiger partial charge >= 0.3 is 5.97 Å². The van der Waals surface area contributed by atoms with Gasteiger partial charge in [-0.25, -0.2) is 0 Å². The number of imide groups is 1. The standard InChI is InChI=1S/C81H141NO11/c1-11-21-30-39-48-57-66(83)75-76(67(84)58-49-40-31-22-12-2)79(69(86)60-51-42-33-24-14-4,70(87)61-52-43-34-25-15-5)81(72(89)63-54-45-36-27-17-7,82(73(90)64-55-46-37-28-18-8)74(91)65-56-47-38-29-19-9)80(78(92)93-20-10,71(88)62-53-44-35-26-16-6)77(75)68(85)59-50-41-32-23-13-3/h76H,11-65H2,1-10H3. The second-order valence-electron chi connectivity index (χ2n) is 27.8. The topological polar surface area (TPSA) is 183 Å². The van der Waals surface area contributed by atoms with Crippen LogP contribution in [0.3, 0.4) is 0 Å². The quantitative estimate of drug-likeness (QED) is 0.0321. The number of ether oxygens (including phenoxy) is 1. The van der Waals surface area contributed by atoms with E-state index in [4.69, 9.17) is 4.74 Å². The Balaban J connectivity index is 6.05. The van der Waals surface area contributed by atoms with Gasteiger partial charge in [0.1, 0.15) is 22.8 Å². The Hall–Kier alpha value is -3.96. The second-order valence-corrected chi connectivity index (χ2v) is 27.8. The normalized spacial score (nSPS) is 16.9. The molecule has 3 atom stereocenters. The van der Waals surface area contributed by atoms with Crippen LogP contribution in [0.15, 0.2) is 11.1 Å². The molecule has 0 radical (unpaired) electrons. The fourth-order valence-corrected chi connectivity index (χ4v) is 14.9. The molecule has 3 unspecified atom stereocenters. The molecule has 0 saturated heterocycles. The molecule has 0 saturated carbocycles. The van der Waals surface area contributed by atoms with Crippen molar-refractivity contribution in [3.8, 4) is 0 Å². The predicted octanol–water partition coefficient (Wildman–Crippen LogP) is 21.8. The van der Waals surface area contributed by atoms with Crippen LogP contribution >= 0.6 is 0 Å². The summed E-state index contributed by atoms with van der Waals surface area (Å²) in [6.45, 7) is 19.8. The van der Waals surface area contributed by atoms with E-state index in [1.807, 2.05) is 0 Å². The van der Waals surface area contributed by atoms with Crippen LogP contribution < -0.4 is 0 Å². The summed E-state index contributed by atoms with van der Waals surface area (Å²) < 4.78 is 6.40. The monoisotopic (exact) mass is 1300 g/mol. The Morgan fingerprint density at radius 1 is 0.301 bits per heavy atom. The third-order valence-corrected chi connectivity index (χ3v) is 20.1. The maximum atomic E-state index is 18.1. The van der Waals surface area contributed by atoms with E-state index in [9.17, 15) is 0 Å². The molecule has 1 aliphatic rings. The minimum absolute atomic E-state index is 0.117. The molecule has 1 aliphatic carbocycles. The van der Waals surface area contributed by atoms with E-state index in [1.54, 1.807) is 6.92 Å². The van der Waals surface area contributed by atoms with Gasteiger partial charge in [0.15, 0.2) is 34.1 Å². The third-order valence-electron chi connectivity index (χ3n) is 20.1. The van der Waals surface area contributed by atoms with Crippen LogP contribution in [0.4, 0.5) is 0 Å². The summed E-state index contributed by atoms with van der Waals surface area (Å²) >= 11 is 0. The average Bonchev–Trinajstić information content (AvgIpc) is 0.644. The van der Waals surface area contributed by atoms with Crippen molar-refractivity contribution in [1.82, 2.24) is 4.90 Å². The average molecular weight is 1310 g/mol. The Morgan fingerprint density at radius 3 is 0.892 bits per heavy atom. The van der Waals surface area contributed by atoms with Gasteiger partial charge < -0.3 is 4.74 Å². The lowest BCUT2D eigenvalue weighted by atomic mass is 9.37. The van der Waals surface area contributed by atoms with Crippen LogP contribution in [0, 0.1) is 16.7 Å². The van der Waals surface area contributed by atoms with Crippen LogP contribution in [0.2, 0.25) is 0 Å². The molecular weight excluding hydrogens is 1160 g/mol. The second kappa shape index (κ2) is 53.1. The zero-order valence-electron chi connectivity index (χ0n) is 61.9. The Bertz CT molecular complexity index is 2140. The first-order valence-electron chi connectivity index (χ1n) is 39.6. The maximum Gasteiger partial charge on any atom is 0.327 e. The summed E-state index contributed by atoms with van der Waals surface area (Å²) in [5.74, 6) is -11.7. The largest absolute Gasteiger partial charge is 0.465 e. The van der Waals surface area contributed by atoms with Crippen molar-refractivity contribution in [2.24, 2.45) is 16.7 Å². The van der Waals surface area contributed by atoms with E-state index in [-0.39, 0.29) is 83.5 Å². The first kappa shape index (κ1) is 87.1. The molecule has 536 valence electrons. The molecule has 12 nitrogen and oxygen atoms in total. The lowest BCUT2D eigenvalue weighted by molar-refractivity contribution is -0.201. The first-order valence-corrected chi connectivity index (χ1v) is 39.6. The van der Waals surface area contributed by atoms with Gasteiger partial charge in [0.05, 0.1) is 12.5 Å². The van der Waals surface area contributed by atoms with E-state index < -0.39 is 124 Å². The van der Waals surface area contributed by atoms with Gasteiger partial charge in [-0.3, -0.25) is 52.8 Å². The number of ketones is 7. The van der Waals surface area contributed by atoms with Crippen LogP contribution in [-0.2, 0) is 52.7 Å². The number of unbranched alkanes of at least 4 members (excludes halogenated alkanes) is 36. The highest BCUT2D eigenvalue weighted by molar-refractivity contribution is 6.32. The van der Waals surface area contributed by atoms with Gasteiger partial charge in [-0.2, -0.15) is 0 Å². The molecule has 0 heterocycles. The summed E-state index contributed by atoms with van der Waals surface area (Å²) in [6.07, 6.45) is 25.5. The number of hydrogen-bond donors (Lipinski definition) is 0. The number of nitrogens with zero attached hydrogens (tertiary/aromatic N) is 1. The molecule has 0 N–H and O–H groups in total. The van der Waals surface area contributed by atoms with E-state index in [1.165, 1.54) is 0 Å². The number of rotatable bonds is 64. The lowest BCUT2D eigenvalue weighted by Crippen LogP contribution is -2.86. The predicted molar refractivity (Wildman–Crippen MR) is 382 cm³/mol. The van der Waals surface area contributed by atoms with Crippen molar-refractivity contribution in [3.63, 3.8) is 0 Å². The van der Waals surface area contributed by atoms with Crippen molar-refractivity contribution in [2.75, 3.05) is 6.61 Å². The van der Waals surface area contributed by atoms with Crippen LogP contribution in [-0.4, -0.2) is 75.3 Å². The summed E-state index contributed by atoms with van der Waals surface area (Å²) in [6, 6.07) is 0. The van der Waals surface area contributed by atoms with Gasteiger partial charge in [-0.1, -0.05) is 293 Å². The zero-order valence-corrected chi connectivity index (χ0v) is 61.9. The Kier molecular flexibility index (Phi) is 49.7. The maximum absolute atomic E-state index is 18.1. The molecule has 0 aromatic heterocycles. The highest BCUT2D eigenvalue weighted by Gasteiger charge is 2.87. The molecule has 93 heavy (non-hydrogen) atoms. The fraction of sp³-hybridized carbons (Fsp3) is 0.852. The number of amides is 2.